The van der Waals surface area contributed by atoms with E-state index in [1.807, 2.05) is 18.2 Å². The molecule has 2 aromatic carbocycles. The number of benzene rings is 2. The minimum atomic E-state index is 0.382. The molecule has 0 aliphatic carbocycles. The molecule has 124 valence electrons. The number of nitrogens with zero attached hydrogens (tertiary/aromatic N) is 1. The van der Waals surface area contributed by atoms with Crippen LogP contribution in [0.2, 0.25) is 0 Å². The van der Waals surface area contributed by atoms with Crippen molar-refractivity contribution in [1.82, 2.24) is 10.2 Å². The fourth-order valence-electron chi connectivity index (χ4n) is 3.62. The van der Waals surface area contributed by atoms with E-state index >= 15 is 0 Å². The zero-order valence-electron chi connectivity index (χ0n) is 14.3. The Morgan fingerprint density at radius 2 is 1.70 bits per heavy atom. The minimum Gasteiger partial charge on any atom is -0.507 e. The van der Waals surface area contributed by atoms with Crippen molar-refractivity contribution in [1.29, 1.82) is 0 Å². The summed E-state index contributed by atoms with van der Waals surface area (Å²) in [5.74, 6) is 1.09. The van der Waals surface area contributed by atoms with Gasteiger partial charge in [-0.3, -0.25) is 4.90 Å². The summed E-state index contributed by atoms with van der Waals surface area (Å²) in [5.41, 5.74) is 1.36. The van der Waals surface area contributed by atoms with Gasteiger partial charge >= 0.3 is 0 Å². The summed E-state index contributed by atoms with van der Waals surface area (Å²) in [4.78, 5) is 2.61. The summed E-state index contributed by atoms with van der Waals surface area (Å²) in [5, 5.41) is 15.8. The number of piperazine rings is 1. The lowest BCUT2D eigenvalue weighted by Crippen LogP contribution is -2.45. The lowest BCUT2D eigenvalue weighted by atomic mass is 9.91. The largest absolute Gasteiger partial charge is 0.507 e. The van der Waals surface area contributed by atoms with Crippen LogP contribution in [0.1, 0.15) is 38.3 Å². The summed E-state index contributed by atoms with van der Waals surface area (Å²) in [6.07, 6.45) is 2.40. The Bertz CT molecular complexity index is 647. The number of hydrogen-bond donors (Lipinski definition) is 2. The van der Waals surface area contributed by atoms with E-state index in [-0.39, 0.29) is 0 Å². The highest BCUT2D eigenvalue weighted by Gasteiger charge is 2.24. The normalized spacial score (nSPS) is 17.7. The first-order chi connectivity index (χ1) is 11.2. The molecular formula is C20H28N2O. The number of nitrogens with one attached hydrogen (secondary N) is 1. The standard InChI is InChI=1S/C20H28N2O/c1-15(2)7-9-19(22-13-11-21-12-14-22)17-8-10-20(23)18-6-4-3-5-16(17)18/h3-6,8,10,15,19,21,23H,7,9,11-14H2,1-2H3/t19-/m0/s1. The van der Waals surface area contributed by atoms with Crippen molar-refractivity contribution in [3.05, 3.63) is 42.0 Å². The second-order valence-electron chi connectivity index (χ2n) is 6.99. The molecule has 1 saturated heterocycles. The molecule has 1 aliphatic rings. The molecule has 0 bridgehead atoms. The molecule has 0 aromatic heterocycles. The first-order valence-electron chi connectivity index (χ1n) is 8.82. The molecule has 1 atom stereocenters. The number of fused-ring (bicyclic) bond motifs is 1. The van der Waals surface area contributed by atoms with Gasteiger partial charge in [-0.1, -0.05) is 44.2 Å². The van der Waals surface area contributed by atoms with Crippen LogP contribution in [0.4, 0.5) is 0 Å². The molecule has 0 radical (unpaired) electrons. The molecule has 0 amide bonds. The van der Waals surface area contributed by atoms with Gasteiger partial charge in [0.05, 0.1) is 0 Å². The molecule has 2 aromatic rings. The SMILES string of the molecule is CC(C)CC[C@@H](c1ccc(O)c2ccccc12)N1CCNCC1. The predicted molar refractivity (Wildman–Crippen MR) is 96.9 cm³/mol. The van der Waals surface area contributed by atoms with Crippen molar-refractivity contribution >= 4 is 10.8 Å². The molecule has 2 N–H and O–H groups in total. The van der Waals surface area contributed by atoms with Crippen molar-refractivity contribution < 1.29 is 5.11 Å². The maximum Gasteiger partial charge on any atom is 0.123 e. The van der Waals surface area contributed by atoms with Gasteiger partial charge in [-0.25, -0.2) is 0 Å². The van der Waals surface area contributed by atoms with Crippen LogP contribution in [0.3, 0.4) is 0 Å². The topological polar surface area (TPSA) is 35.5 Å². The lowest BCUT2D eigenvalue weighted by Gasteiger charge is -2.36. The summed E-state index contributed by atoms with van der Waals surface area (Å²) < 4.78 is 0. The van der Waals surface area contributed by atoms with Crippen LogP contribution in [0.15, 0.2) is 36.4 Å². The van der Waals surface area contributed by atoms with Gasteiger partial charge in [0.15, 0.2) is 0 Å². The summed E-state index contributed by atoms with van der Waals surface area (Å²) in [6.45, 7) is 8.91. The highest BCUT2D eigenvalue weighted by atomic mass is 16.3. The van der Waals surface area contributed by atoms with Gasteiger partial charge in [0, 0.05) is 37.6 Å². The third kappa shape index (κ3) is 3.67. The van der Waals surface area contributed by atoms with E-state index in [1.165, 1.54) is 23.8 Å². The van der Waals surface area contributed by atoms with Gasteiger partial charge in [0.25, 0.3) is 0 Å². The average Bonchev–Trinajstić information content (AvgIpc) is 2.58. The first-order valence-corrected chi connectivity index (χ1v) is 8.82. The van der Waals surface area contributed by atoms with Crippen molar-refractivity contribution in [3.63, 3.8) is 0 Å². The molecule has 23 heavy (non-hydrogen) atoms. The number of phenolic OH excluding ortho intramolecular Hbond substituents is 1. The maximum atomic E-state index is 10.2. The molecule has 3 nitrogen and oxygen atoms in total. The smallest absolute Gasteiger partial charge is 0.123 e. The van der Waals surface area contributed by atoms with Crippen LogP contribution < -0.4 is 5.32 Å². The maximum absolute atomic E-state index is 10.2. The van der Waals surface area contributed by atoms with E-state index in [9.17, 15) is 5.11 Å². The first kappa shape index (κ1) is 16.3. The summed E-state index contributed by atoms with van der Waals surface area (Å²) in [7, 11) is 0. The summed E-state index contributed by atoms with van der Waals surface area (Å²) >= 11 is 0. The van der Waals surface area contributed by atoms with Crippen LogP contribution in [0, 0.1) is 5.92 Å². The Balaban J connectivity index is 1.99. The van der Waals surface area contributed by atoms with Crippen LogP contribution in [0.5, 0.6) is 5.75 Å². The second kappa shape index (κ2) is 7.33. The molecule has 0 spiro atoms. The van der Waals surface area contributed by atoms with Gasteiger partial charge in [0.2, 0.25) is 0 Å². The monoisotopic (exact) mass is 312 g/mol. The molecule has 0 unspecified atom stereocenters. The van der Waals surface area contributed by atoms with E-state index in [0.29, 0.717) is 17.7 Å². The number of aromatic hydroxyl groups is 1. The Morgan fingerprint density at radius 3 is 2.39 bits per heavy atom. The van der Waals surface area contributed by atoms with E-state index in [4.69, 9.17) is 0 Å². The van der Waals surface area contributed by atoms with E-state index in [2.05, 4.69) is 42.3 Å². The zero-order valence-corrected chi connectivity index (χ0v) is 14.3. The molecule has 1 heterocycles. The molecule has 0 saturated carbocycles. The predicted octanol–water partition coefficient (Wildman–Crippen LogP) is 3.93. The van der Waals surface area contributed by atoms with Crippen molar-refractivity contribution in [2.24, 2.45) is 5.92 Å². The number of hydrogen-bond acceptors (Lipinski definition) is 3. The highest BCUT2D eigenvalue weighted by Crippen LogP contribution is 2.36. The Labute approximate surface area is 139 Å². The Hall–Kier alpha value is -1.58. The van der Waals surface area contributed by atoms with Gasteiger partial charge in [-0.2, -0.15) is 0 Å². The lowest BCUT2D eigenvalue weighted by molar-refractivity contribution is 0.161. The van der Waals surface area contributed by atoms with Crippen molar-refractivity contribution in [2.45, 2.75) is 32.7 Å². The van der Waals surface area contributed by atoms with Crippen LogP contribution >= 0.6 is 0 Å². The second-order valence-corrected chi connectivity index (χ2v) is 6.99. The quantitative estimate of drug-likeness (QED) is 0.878. The zero-order chi connectivity index (χ0) is 16.2. The van der Waals surface area contributed by atoms with E-state index in [1.54, 1.807) is 0 Å². The van der Waals surface area contributed by atoms with Crippen LogP contribution in [0.25, 0.3) is 10.8 Å². The third-order valence-electron chi connectivity index (χ3n) is 4.90. The van der Waals surface area contributed by atoms with Crippen LogP contribution in [-0.4, -0.2) is 36.2 Å². The van der Waals surface area contributed by atoms with Crippen molar-refractivity contribution in [3.8, 4) is 5.75 Å². The summed E-state index contributed by atoms with van der Waals surface area (Å²) in [6, 6.07) is 12.7. The fourth-order valence-corrected chi connectivity index (χ4v) is 3.62. The van der Waals surface area contributed by atoms with Gasteiger partial charge in [-0.15, -0.1) is 0 Å². The third-order valence-corrected chi connectivity index (χ3v) is 4.90. The Morgan fingerprint density at radius 1 is 1.00 bits per heavy atom. The molecule has 3 rings (SSSR count). The molecule has 1 aliphatic heterocycles. The average molecular weight is 312 g/mol. The highest BCUT2D eigenvalue weighted by molar-refractivity contribution is 5.91. The Kier molecular flexibility index (Phi) is 5.19. The number of phenols is 1. The van der Waals surface area contributed by atoms with Gasteiger partial charge < -0.3 is 10.4 Å². The van der Waals surface area contributed by atoms with Crippen molar-refractivity contribution in [2.75, 3.05) is 26.2 Å². The van der Waals surface area contributed by atoms with Gasteiger partial charge in [0.1, 0.15) is 5.75 Å². The van der Waals surface area contributed by atoms with Gasteiger partial charge in [-0.05, 0) is 35.8 Å². The molecule has 3 heteroatoms. The molecular weight excluding hydrogens is 284 g/mol. The number of rotatable bonds is 5. The fraction of sp³-hybridized carbons (Fsp3) is 0.500. The van der Waals surface area contributed by atoms with Crippen LogP contribution in [-0.2, 0) is 0 Å². The van der Waals surface area contributed by atoms with E-state index < -0.39 is 0 Å². The molecule has 1 fully saturated rings. The minimum absolute atomic E-state index is 0.382. The van der Waals surface area contributed by atoms with E-state index in [0.717, 1.165) is 31.6 Å².